The largest absolute Gasteiger partial charge is 0.383 e. The molecule has 1 aromatic rings. The van der Waals surface area contributed by atoms with Crippen LogP contribution in [0.5, 0.6) is 0 Å². The number of nitrogens with two attached hydrogens (primary N) is 1. The van der Waals surface area contributed by atoms with E-state index in [0.29, 0.717) is 16.2 Å². The van der Waals surface area contributed by atoms with Crippen LogP contribution in [0.3, 0.4) is 0 Å². The monoisotopic (exact) mass is 253 g/mol. The van der Waals surface area contributed by atoms with Crippen LogP contribution in [0.4, 0.5) is 5.82 Å². The molecule has 4 nitrogen and oxygen atoms in total. The molecule has 0 saturated heterocycles. The predicted octanol–water partition coefficient (Wildman–Crippen LogP) is 2.27. The molecule has 2 rings (SSSR count). The summed E-state index contributed by atoms with van der Waals surface area (Å²) in [6.45, 7) is 4.61. The van der Waals surface area contributed by atoms with Gasteiger partial charge in [0.2, 0.25) is 0 Å². The summed E-state index contributed by atoms with van der Waals surface area (Å²) in [6, 6.07) is 1.32. The van der Waals surface area contributed by atoms with Gasteiger partial charge < -0.3 is 10.7 Å². The van der Waals surface area contributed by atoms with Gasteiger partial charge in [-0.05, 0) is 31.1 Å². The van der Waals surface area contributed by atoms with Crippen LogP contribution in [0, 0.1) is 11.8 Å². The smallest absolute Gasteiger partial charge is 0.253 e. The Morgan fingerprint density at radius 3 is 2.82 bits per heavy atom. The highest BCUT2D eigenvalue weighted by atomic mass is 32.2. The van der Waals surface area contributed by atoms with Crippen molar-refractivity contribution < 1.29 is 0 Å². The summed E-state index contributed by atoms with van der Waals surface area (Å²) in [7, 11) is 0. The number of H-pyrrole nitrogens is 1. The van der Waals surface area contributed by atoms with Gasteiger partial charge in [-0.25, -0.2) is 4.98 Å². The number of hydrogen-bond acceptors (Lipinski definition) is 4. The third kappa shape index (κ3) is 3.25. The molecule has 0 amide bonds. The Kier molecular flexibility index (Phi) is 3.76. The topological polar surface area (TPSA) is 71.8 Å². The first-order valence-corrected chi connectivity index (χ1v) is 6.96. The minimum atomic E-state index is -0.169. The molecule has 5 heteroatoms. The van der Waals surface area contributed by atoms with Crippen molar-refractivity contribution in [1.82, 2.24) is 9.97 Å². The fourth-order valence-corrected chi connectivity index (χ4v) is 3.56. The third-order valence-corrected chi connectivity index (χ3v) is 4.75. The molecule has 3 N–H and O–H groups in total. The maximum Gasteiger partial charge on any atom is 0.253 e. The molecule has 3 atom stereocenters. The lowest BCUT2D eigenvalue weighted by molar-refractivity contribution is 0.283. The number of thioether (sulfide) groups is 1. The number of aromatic amines is 1. The Morgan fingerprint density at radius 1 is 1.41 bits per heavy atom. The standard InChI is InChI=1S/C12H19N3OS/c1-7-3-4-9(5-8(7)2)17-12-14-10(13)6-11(16)15-12/h6-9H,3-5H2,1-2H3,(H3,13,14,15,16). The zero-order valence-corrected chi connectivity index (χ0v) is 11.1. The van der Waals surface area contributed by atoms with Crippen molar-refractivity contribution in [1.29, 1.82) is 0 Å². The highest BCUT2D eigenvalue weighted by Gasteiger charge is 2.25. The van der Waals surface area contributed by atoms with Gasteiger partial charge in [0.15, 0.2) is 5.16 Å². The van der Waals surface area contributed by atoms with Crippen molar-refractivity contribution in [3.05, 3.63) is 16.4 Å². The van der Waals surface area contributed by atoms with Crippen LogP contribution < -0.4 is 11.3 Å². The highest BCUT2D eigenvalue weighted by Crippen LogP contribution is 2.37. The van der Waals surface area contributed by atoms with Crippen molar-refractivity contribution >= 4 is 17.6 Å². The molecule has 94 valence electrons. The SMILES string of the molecule is CC1CCC(Sc2nc(N)cc(=O)[nH]2)CC1C. The Bertz CT molecular complexity index is 446. The molecule has 0 bridgehead atoms. The molecule has 0 aliphatic heterocycles. The van der Waals surface area contributed by atoms with Crippen LogP contribution >= 0.6 is 11.8 Å². The first-order chi connectivity index (χ1) is 8.04. The van der Waals surface area contributed by atoms with Gasteiger partial charge in [0.1, 0.15) is 5.82 Å². The number of rotatable bonds is 2. The molecule has 17 heavy (non-hydrogen) atoms. The summed E-state index contributed by atoms with van der Waals surface area (Å²) >= 11 is 1.65. The van der Waals surface area contributed by atoms with Gasteiger partial charge >= 0.3 is 0 Å². The zero-order chi connectivity index (χ0) is 12.4. The normalized spacial score (nSPS) is 29.2. The lowest BCUT2D eigenvalue weighted by Crippen LogP contribution is -2.23. The van der Waals surface area contributed by atoms with Crippen LogP contribution in [0.15, 0.2) is 16.0 Å². The Balaban J connectivity index is 2.03. The van der Waals surface area contributed by atoms with Crippen LogP contribution in [0.1, 0.15) is 33.1 Å². The average molecular weight is 253 g/mol. The molecule has 1 fully saturated rings. The first-order valence-electron chi connectivity index (χ1n) is 6.08. The fourth-order valence-electron chi connectivity index (χ4n) is 2.27. The van der Waals surface area contributed by atoms with E-state index in [1.54, 1.807) is 11.8 Å². The Morgan fingerprint density at radius 2 is 2.18 bits per heavy atom. The van der Waals surface area contributed by atoms with Crippen molar-refractivity contribution in [2.75, 3.05) is 5.73 Å². The highest BCUT2D eigenvalue weighted by molar-refractivity contribution is 7.99. The molecule has 1 heterocycles. The number of aromatic nitrogens is 2. The lowest BCUT2D eigenvalue weighted by atomic mass is 9.81. The molecule has 1 aromatic heterocycles. The summed E-state index contributed by atoms with van der Waals surface area (Å²) < 4.78 is 0. The molecule has 1 aliphatic rings. The summed E-state index contributed by atoms with van der Waals surface area (Å²) in [5.41, 5.74) is 5.40. The van der Waals surface area contributed by atoms with E-state index in [1.165, 1.54) is 25.3 Å². The second-order valence-corrected chi connectivity index (χ2v) is 6.27. The molecule has 1 saturated carbocycles. The van der Waals surface area contributed by atoms with E-state index in [9.17, 15) is 4.79 Å². The quantitative estimate of drug-likeness (QED) is 0.793. The van der Waals surface area contributed by atoms with Crippen molar-refractivity contribution in [3.8, 4) is 0 Å². The van der Waals surface area contributed by atoms with E-state index in [-0.39, 0.29) is 5.56 Å². The second-order valence-electron chi connectivity index (χ2n) is 4.98. The van der Waals surface area contributed by atoms with Gasteiger partial charge in [-0.1, -0.05) is 25.6 Å². The summed E-state index contributed by atoms with van der Waals surface area (Å²) in [5, 5.41) is 1.20. The molecular weight excluding hydrogens is 234 g/mol. The molecule has 1 aliphatic carbocycles. The van der Waals surface area contributed by atoms with E-state index in [4.69, 9.17) is 5.73 Å². The molecule has 0 aromatic carbocycles. The van der Waals surface area contributed by atoms with E-state index < -0.39 is 0 Å². The Hall–Kier alpha value is -0.970. The van der Waals surface area contributed by atoms with Gasteiger partial charge in [-0.15, -0.1) is 0 Å². The van der Waals surface area contributed by atoms with Crippen molar-refractivity contribution in [3.63, 3.8) is 0 Å². The van der Waals surface area contributed by atoms with Gasteiger partial charge in [0.25, 0.3) is 5.56 Å². The van der Waals surface area contributed by atoms with Crippen molar-refractivity contribution in [2.24, 2.45) is 11.8 Å². The minimum Gasteiger partial charge on any atom is -0.383 e. The number of hydrogen-bond donors (Lipinski definition) is 2. The minimum absolute atomic E-state index is 0.169. The lowest BCUT2D eigenvalue weighted by Gasteiger charge is -2.31. The van der Waals surface area contributed by atoms with Gasteiger partial charge in [0, 0.05) is 11.3 Å². The molecule has 0 radical (unpaired) electrons. The van der Waals surface area contributed by atoms with Crippen LogP contribution in [-0.4, -0.2) is 15.2 Å². The second kappa shape index (κ2) is 5.12. The van der Waals surface area contributed by atoms with Crippen LogP contribution in [0.2, 0.25) is 0 Å². The maximum atomic E-state index is 11.3. The number of anilines is 1. The molecule has 3 unspecified atom stereocenters. The predicted molar refractivity (Wildman–Crippen MR) is 71.1 cm³/mol. The van der Waals surface area contributed by atoms with E-state index in [1.807, 2.05) is 0 Å². The van der Waals surface area contributed by atoms with Crippen molar-refractivity contribution in [2.45, 2.75) is 43.5 Å². The van der Waals surface area contributed by atoms with Gasteiger partial charge in [0.05, 0.1) is 0 Å². The van der Waals surface area contributed by atoms with E-state index in [2.05, 4.69) is 23.8 Å². The number of nitrogens with zero attached hydrogens (tertiary/aromatic N) is 1. The van der Waals surface area contributed by atoms with E-state index in [0.717, 1.165) is 11.8 Å². The van der Waals surface area contributed by atoms with Crippen LogP contribution in [-0.2, 0) is 0 Å². The van der Waals surface area contributed by atoms with E-state index >= 15 is 0 Å². The first kappa shape index (κ1) is 12.5. The van der Waals surface area contributed by atoms with Gasteiger partial charge in [-0.3, -0.25) is 4.79 Å². The molecule has 0 spiro atoms. The summed E-state index contributed by atoms with van der Waals surface area (Å²) in [4.78, 5) is 18.2. The number of nitrogen functional groups attached to an aromatic ring is 1. The fraction of sp³-hybridized carbons (Fsp3) is 0.667. The van der Waals surface area contributed by atoms with Gasteiger partial charge in [-0.2, -0.15) is 0 Å². The zero-order valence-electron chi connectivity index (χ0n) is 10.3. The van der Waals surface area contributed by atoms with Crippen LogP contribution in [0.25, 0.3) is 0 Å². The molecular formula is C12H19N3OS. The maximum absolute atomic E-state index is 11.3. The summed E-state index contributed by atoms with van der Waals surface area (Å²) in [6.07, 6.45) is 3.63. The average Bonchev–Trinajstić information content (AvgIpc) is 2.22. The number of nitrogens with one attached hydrogen (secondary N) is 1. The summed E-state index contributed by atoms with van der Waals surface area (Å²) in [5.74, 6) is 1.85. The third-order valence-electron chi connectivity index (χ3n) is 3.57. The Labute approximate surface area is 105 Å².